The maximum absolute atomic E-state index is 12.8. The van der Waals surface area contributed by atoms with Gasteiger partial charge in [-0.1, -0.05) is 24.3 Å². The molecule has 1 heterocycles. The molecule has 4 rings (SSSR count). The molecule has 1 N–H and O–H groups in total. The zero-order chi connectivity index (χ0) is 23.0. The van der Waals surface area contributed by atoms with Gasteiger partial charge < -0.3 is 14.5 Å². The molecule has 0 bridgehead atoms. The van der Waals surface area contributed by atoms with Gasteiger partial charge in [0.15, 0.2) is 17.7 Å². The van der Waals surface area contributed by atoms with Gasteiger partial charge in [-0.3, -0.25) is 24.5 Å². The lowest BCUT2D eigenvalue weighted by Gasteiger charge is -2.18. The van der Waals surface area contributed by atoms with E-state index in [0.29, 0.717) is 5.56 Å². The van der Waals surface area contributed by atoms with Gasteiger partial charge in [-0.05, 0) is 31.2 Å². The Bertz CT molecular complexity index is 1310. The highest BCUT2D eigenvalue weighted by atomic mass is 16.7. The van der Waals surface area contributed by atoms with E-state index in [-0.39, 0.29) is 33.9 Å². The van der Waals surface area contributed by atoms with Gasteiger partial charge in [-0.15, -0.1) is 0 Å². The molecule has 0 radical (unpaired) electrons. The topological polar surface area (TPSA) is 146 Å². The van der Waals surface area contributed by atoms with Crippen molar-refractivity contribution in [2.75, 3.05) is 5.32 Å². The number of nitrogens with one attached hydrogen (secondary N) is 1. The van der Waals surface area contributed by atoms with Gasteiger partial charge in [0.05, 0.1) is 6.07 Å². The summed E-state index contributed by atoms with van der Waals surface area (Å²) in [7, 11) is 0. The normalized spacial score (nSPS) is 13.0. The largest absolute Gasteiger partial charge is 0.447 e. The first-order valence-electron chi connectivity index (χ1n) is 9.35. The predicted molar refractivity (Wildman–Crippen MR) is 109 cm³/mol. The van der Waals surface area contributed by atoms with Gasteiger partial charge in [-0.2, -0.15) is 0 Å². The fourth-order valence-corrected chi connectivity index (χ4v) is 3.23. The smallest absolute Gasteiger partial charge is 0.433 e. The molecule has 160 valence electrons. The lowest BCUT2D eigenvalue weighted by molar-refractivity contribution is -0.402. The van der Waals surface area contributed by atoms with Crippen LogP contribution >= 0.6 is 0 Å². The van der Waals surface area contributed by atoms with Crippen LogP contribution in [0.3, 0.4) is 0 Å². The van der Waals surface area contributed by atoms with Crippen LogP contribution in [0.15, 0.2) is 59.0 Å². The van der Waals surface area contributed by atoms with Crippen LogP contribution in [0.2, 0.25) is 0 Å². The highest BCUT2D eigenvalue weighted by Crippen LogP contribution is 2.29. The zero-order valence-corrected chi connectivity index (χ0v) is 16.5. The van der Waals surface area contributed by atoms with Crippen LogP contribution in [0, 0.1) is 10.1 Å². The fraction of sp³-hybridized carbons (Fsp3) is 0.0909. The van der Waals surface area contributed by atoms with E-state index < -0.39 is 34.5 Å². The quantitative estimate of drug-likeness (QED) is 0.286. The second-order valence-corrected chi connectivity index (χ2v) is 6.90. The molecule has 10 nitrogen and oxygen atoms in total. The number of ether oxygens (including phenoxy) is 1. The van der Waals surface area contributed by atoms with Crippen LogP contribution in [-0.2, 0) is 9.53 Å². The van der Waals surface area contributed by atoms with Gasteiger partial charge in [0.2, 0.25) is 5.76 Å². The summed E-state index contributed by atoms with van der Waals surface area (Å²) < 4.78 is 9.72. The molecular formula is C22H14N2O8. The maximum Gasteiger partial charge on any atom is 0.433 e. The number of ketones is 2. The van der Waals surface area contributed by atoms with Crippen molar-refractivity contribution in [2.45, 2.75) is 13.0 Å². The number of amides is 1. The van der Waals surface area contributed by atoms with E-state index in [9.17, 15) is 29.3 Å². The van der Waals surface area contributed by atoms with E-state index in [2.05, 4.69) is 5.32 Å². The minimum atomic E-state index is -1.28. The van der Waals surface area contributed by atoms with Gasteiger partial charge in [-0.25, -0.2) is 4.79 Å². The average molecular weight is 434 g/mol. The van der Waals surface area contributed by atoms with Gasteiger partial charge in [0.1, 0.15) is 4.92 Å². The molecule has 1 aliphatic rings. The van der Waals surface area contributed by atoms with Crippen molar-refractivity contribution in [2.24, 2.45) is 0 Å². The standard InChI is InChI=1S/C22H14N2O8/c1-11(31-22(28)17-8-9-18(32-17)24(29)30)21(27)23-12-6-7-15-16(10-12)20(26)14-5-3-2-4-13(14)19(15)25/h2-11H,1H3,(H,23,27)/t11-/m0/s1. The Hall–Kier alpha value is -4.60. The molecule has 1 amide bonds. The molecule has 0 spiro atoms. The Morgan fingerprint density at radius 1 is 0.969 bits per heavy atom. The number of carbonyl (C=O) groups is 4. The zero-order valence-electron chi connectivity index (χ0n) is 16.5. The van der Waals surface area contributed by atoms with Crippen molar-refractivity contribution in [1.29, 1.82) is 0 Å². The van der Waals surface area contributed by atoms with E-state index in [4.69, 9.17) is 9.15 Å². The first kappa shape index (κ1) is 20.7. The van der Waals surface area contributed by atoms with Gasteiger partial charge in [0, 0.05) is 27.9 Å². The van der Waals surface area contributed by atoms with E-state index in [1.54, 1.807) is 24.3 Å². The summed E-state index contributed by atoms with van der Waals surface area (Å²) in [6, 6.07) is 12.8. The van der Waals surface area contributed by atoms with E-state index in [1.807, 2.05) is 0 Å². The second-order valence-electron chi connectivity index (χ2n) is 6.90. The number of benzene rings is 2. The minimum Gasteiger partial charge on any atom is -0.447 e. The molecular weight excluding hydrogens is 420 g/mol. The third-order valence-electron chi connectivity index (χ3n) is 4.82. The molecule has 10 heteroatoms. The summed E-state index contributed by atoms with van der Waals surface area (Å²) >= 11 is 0. The Kier molecular flexibility index (Phi) is 5.11. The summed E-state index contributed by atoms with van der Waals surface area (Å²) in [5.74, 6) is -3.46. The number of furan rings is 1. The monoisotopic (exact) mass is 434 g/mol. The van der Waals surface area contributed by atoms with Crippen LogP contribution < -0.4 is 5.32 Å². The number of carbonyl (C=O) groups excluding carboxylic acids is 4. The third-order valence-corrected chi connectivity index (χ3v) is 4.82. The number of fused-ring (bicyclic) bond motifs is 2. The number of hydrogen-bond donors (Lipinski definition) is 1. The lowest BCUT2D eigenvalue weighted by atomic mass is 9.84. The number of rotatable bonds is 5. The Morgan fingerprint density at radius 3 is 2.22 bits per heavy atom. The highest BCUT2D eigenvalue weighted by Gasteiger charge is 2.30. The summed E-state index contributed by atoms with van der Waals surface area (Å²) in [6.45, 7) is 1.30. The van der Waals surface area contributed by atoms with Crippen LogP contribution in [0.1, 0.15) is 49.3 Å². The number of esters is 1. The number of hydrogen-bond acceptors (Lipinski definition) is 8. The van der Waals surface area contributed by atoms with Gasteiger partial charge >= 0.3 is 11.9 Å². The minimum absolute atomic E-state index is 0.152. The van der Waals surface area contributed by atoms with Crippen molar-refractivity contribution < 1.29 is 33.3 Å². The molecule has 0 saturated heterocycles. The number of nitro groups is 1. The molecule has 0 saturated carbocycles. The van der Waals surface area contributed by atoms with E-state index >= 15 is 0 Å². The summed E-state index contributed by atoms with van der Waals surface area (Å²) in [6.07, 6.45) is -1.28. The van der Waals surface area contributed by atoms with Crippen molar-refractivity contribution in [3.8, 4) is 0 Å². The van der Waals surface area contributed by atoms with Crippen molar-refractivity contribution in [3.63, 3.8) is 0 Å². The Morgan fingerprint density at radius 2 is 1.59 bits per heavy atom. The third kappa shape index (κ3) is 3.65. The molecule has 3 aromatic rings. The van der Waals surface area contributed by atoms with Crippen LogP contribution in [-0.4, -0.2) is 34.5 Å². The predicted octanol–water partition coefficient (Wildman–Crippen LogP) is 3.15. The Labute approximate surface area is 179 Å². The molecule has 1 atom stereocenters. The number of anilines is 1. The van der Waals surface area contributed by atoms with Crippen molar-refractivity contribution in [3.05, 3.63) is 92.7 Å². The summed E-state index contributed by atoms with van der Waals surface area (Å²) in [4.78, 5) is 59.7. The molecule has 32 heavy (non-hydrogen) atoms. The molecule has 2 aromatic carbocycles. The molecule has 1 aliphatic carbocycles. The first-order chi connectivity index (χ1) is 15.3. The summed E-state index contributed by atoms with van der Waals surface area (Å²) in [5.41, 5.74) is 1.21. The lowest BCUT2D eigenvalue weighted by Crippen LogP contribution is -2.30. The van der Waals surface area contributed by atoms with Crippen LogP contribution in [0.4, 0.5) is 11.6 Å². The van der Waals surface area contributed by atoms with Crippen LogP contribution in [0.5, 0.6) is 0 Å². The summed E-state index contributed by atoms with van der Waals surface area (Å²) in [5, 5.41) is 13.1. The van der Waals surface area contributed by atoms with Crippen molar-refractivity contribution >= 4 is 35.0 Å². The van der Waals surface area contributed by atoms with E-state index in [1.165, 1.54) is 25.1 Å². The number of nitrogens with zero attached hydrogens (tertiary/aromatic N) is 1. The highest BCUT2D eigenvalue weighted by molar-refractivity contribution is 6.28. The first-order valence-corrected chi connectivity index (χ1v) is 9.35. The van der Waals surface area contributed by atoms with Gasteiger partial charge in [0.25, 0.3) is 5.91 Å². The fourth-order valence-electron chi connectivity index (χ4n) is 3.23. The maximum atomic E-state index is 12.8. The van der Waals surface area contributed by atoms with E-state index in [0.717, 1.165) is 12.1 Å². The molecule has 1 aromatic heterocycles. The van der Waals surface area contributed by atoms with Crippen molar-refractivity contribution in [1.82, 2.24) is 0 Å². The SMILES string of the molecule is C[C@H](OC(=O)c1ccc([N+](=O)[O-])o1)C(=O)Nc1ccc2c(c1)C(=O)c1ccccc1C2=O. The molecule has 0 fully saturated rings. The van der Waals surface area contributed by atoms with Crippen LogP contribution in [0.25, 0.3) is 0 Å². The Balaban J connectivity index is 1.48. The molecule has 0 aliphatic heterocycles. The molecule has 0 unspecified atom stereocenters. The average Bonchev–Trinajstić information content (AvgIpc) is 3.28. The second kappa shape index (κ2) is 7.91.